The zero-order valence-electron chi connectivity index (χ0n) is 17.7. The van der Waals surface area contributed by atoms with Crippen LogP contribution in [0.4, 0.5) is 0 Å². The van der Waals surface area contributed by atoms with E-state index >= 15 is 0 Å². The lowest BCUT2D eigenvalue weighted by atomic mass is 10.0. The third-order valence-corrected chi connectivity index (χ3v) is 5.03. The van der Waals surface area contributed by atoms with E-state index in [1.54, 1.807) is 73.8 Å². The first-order valence-electron chi connectivity index (χ1n) is 9.90. The second kappa shape index (κ2) is 11.6. The number of halogens is 1. The predicted octanol–water partition coefficient (Wildman–Crippen LogP) is 4.00. The summed E-state index contributed by atoms with van der Waals surface area (Å²) in [7, 11) is 1.54. The number of amides is 2. The van der Waals surface area contributed by atoms with Crippen molar-refractivity contribution in [2.24, 2.45) is 0 Å². The first kappa shape index (κ1) is 23.7. The maximum Gasteiger partial charge on any atom is 0.339 e. The van der Waals surface area contributed by atoms with Gasteiger partial charge in [-0.1, -0.05) is 64.5 Å². The molecule has 2 N–H and O–H groups in total. The van der Waals surface area contributed by atoms with Gasteiger partial charge in [0, 0.05) is 15.6 Å². The van der Waals surface area contributed by atoms with Crippen LogP contribution < -0.4 is 15.6 Å². The van der Waals surface area contributed by atoms with Crippen LogP contribution in [0, 0.1) is 0 Å². The lowest BCUT2D eigenvalue weighted by Gasteiger charge is -2.11. The van der Waals surface area contributed by atoms with Gasteiger partial charge in [-0.15, -0.1) is 0 Å². The molecule has 0 aromatic heterocycles. The Morgan fingerprint density at radius 3 is 2.21 bits per heavy atom. The molecule has 0 aliphatic carbocycles. The number of esters is 1. The summed E-state index contributed by atoms with van der Waals surface area (Å²) in [5.41, 5.74) is 6.44. The van der Waals surface area contributed by atoms with E-state index in [2.05, 4.69) is 26.8 Å². The molecule has 0 unspecified atom stereocenters. The fraction of sp³-hybridized carbons (Fsp3) is 0.0800. The number of nitrogens with one attached hydrogen (secondary N) is 2. The SMILES string of the molecule is COc1ccccc1/C=C(/C(=O)OCC(=O)NNC(=O)c1ccc(Br)cc1)c1ccccc1. The van der Waals surface area contributed by atoms with Crippen molar-refractivity contribution in [1.29, 1.82) is 0 Å². The highest BCUT2D eigenvalue weighted by Crippen LogP contribution is 2.25. The van der Waals surface area contributed by atoms with Gasteiger partial charge >= 0.3 is 5.97 Å². The molecule has 0 fully saturated rings. The molecule has 0 bridgehead atoms. The molecular formula is C25H21BrN2O5. The maximum atomic E-state index is 12.8. The number of ether oxygens (including phenoxy) is 2. The van der Waals surface area contributed by atoms with Crippen LogP contribution >= 0.6 is 15.9 Å². The molecule has 0 radical (unpaired) electrons. The minimum absolute atomic E-state index is 0.256. The Labute approximate surface area is 199 Å². The lowest BCUT2D eigenvalue weighted by Crippen LogP contribution is -2.43. The molecule has 2 amide bonds. The van der Waals surface area contributed by atoms with Crippen LogP contribution in [0.2, 0.25) is 0 Å². The van der Waals surface area contributed by atoms with E-state index in [0.717, 1.165) is 4.47 Å². The van der Waals surface area contributed by atoms with Crippen molar-refractivity contribution in [3.8, 4) is 5.75 Å². The van der Waals surface area contributed by atoms with E-state index in [9.17, 15) is 14.4 Å². The van der Waals surface area contributed by atoms with E-state index < -0.39 is 24.4 Å². The van der Waals surface area contributed by atoms with Gasteiger partial charge in [0.1, 0.15) is 5.75 Å². The molecular weight excluding hydrogens is 488 g/mol. The summed E-state index contributed by atoms with van der Waals surface area (Å²) in [6.45, 7) is -0.574. The topological polar surface area (TPSA) is 93.7 Å². The predicted molar refractivity (Wildman–Crippen MR) is 128 cm³/mol. The molecule has 0 saturated heterocycles. The van der Waals surface area contributed by atoms with Gasteiger partial charge in [0.05, 0.1) is 12.7 Å². The molecule has 0 heterocycles. The number of para-hydroxylation sites is 1. The molecule has 3 aromatic rings. The summed E-state index contributed by atoms with van der Waals surface area (Å²) in [6, 6.07) is 22.8. The minimum Gasteiger partial charge on any atom is -0.496 e. The Kier molecular flexibility index (Phi) is 8.37. The number of hydrazine groups is 1. The summed E-state index contributed by atoms with van der Waals surface area (Å²) in [5.74, 6) is -1.28. The van der Waals surface area contributed by atoms with E-state index in [1.165, 1.54) is 0 Å². The summed E-state index contributed by atoms with van der Waals surface area (Å²) >= 11 is 3.29. The Morgan fingerprint density at radius 2 is 1.52 bits per heavy atom. The Morgan fingerprint density at radius 1 is 0.848 bits per heavy atom. The average Bonchev–Trinajstić information content (AvgIpc) is 2.85. The van der Waals surface area contributed by atoms with Crippen LogP contribution in [-0.4, -0.2) is 31.5 Å². The minimum atomic E-state index is -0.693. The van der Waals surface area contributed by atoms with Crippen LogP contribution in [0.15, 0.2) is 83.3 Å². The molecule has 33 heavy (non-hydrogen) atoms. The van der Waals surface area contributed by atoms with Gasteiger partial charge in [-0.05, 0) is 42.0 Å². The number of benzene rings is 3. The number of methoxy groups -OCH3 is 1. The maximum absolute atomic E-state index is 12.8. The Balaban J connectivity index is 1.66. The number of rotatable bonds is 7. The first-order chi connectivity index (χ1) is 16.0. The normalized spacial score (nSPS) is 10.8. The van der Waals surface area contributed by atoms with Gasteiger partial charge in [-0.2, -0.15) is 0 Å². The second-order valence-corrected chi connectivity index (χ2v) is 7.67. The number of carbonyl (C=O) groups is 3. The smallest absolute Gasteiger partial charge is 0.339 e. The Bertz CT molecular complexity index is 1160. The van der Waals surface area contributed by atoms with Crippen LogP contribution in [0.5, 0.6) is 5.75 Å². The fourth-order valence-electron chi connectivity index (χ4n) is 2.86. The highest BCUT2D eigenvalue weighted by molar-refractivity contribution is 9.10. The molecule has 8 heteroatoms. The zero-order chi connectivity index (χ0) is 23.6. The summed E-state index contributed by atoms with van der Waals surface area (Å²) < 4.78 is 11.4. The second-order valence-electron chi connectivity index (χ2n) is 6.75. The van der Waals surface area contributed by atoms with Gasteiger partial charge in [-0.3, -0.25) is 20.4 Å². The van der Waals surface area contributed by atoms with Crippen molar-refractivity contribution >= 4 is 45.4 Å². The highest BCUT2D eigenvalue weighted by atomic mass is 79.9. The van der Waals surface area contributed by atoms with Gasteiger partial charge in [-0.25, -0.2) is 4.79 Å². The van der Waals surface area contributed by atoms with Gasteiger partial charge in [0.15, 0.2) is 6.61 Å². The van der Waals surface area contributed by atoms with E-state index in [4.69, 9.17) is 9.47 Å². The van der Waals surface area contributed by atoms with Crippen molar-refractivity contribution < 1.29 is 23.9 Å². The quantitative estimate of drug-likeness (QED) is 0.217. The molecule has 7 nitrogen and oxygen atoms in total. The fourth-order valence-corrected chi connectivity index (χ4v) is 3.13. The van der Waals surface area contributed by atoms with Crippen molar-refractivity contribution in [2.75, 3.05) is 13.7 Å². The molecule has 0 saturated carbocycles. The van der Waals surface area contributed by atoms with Crippen molar-refractivity contribution in [2.45, 2.75) is 0 Å². The third kappa shape index (κ3) is 6.78. The molecule has 0 aliphatic heterocycles. The number of carbonyl (C=O) groups excluding carboxylic acids is 3. The molecule has 168 valence electrons. The molecule has 0 atom stereocenters. The van der Waals surface area contributed by atoms with Crippen LogP contribution in [0.25, 0.3) is 11.6 Å². The van der Waals surface area contributed by atoms with Gasteiger partial charge in [0.25, 0.3) is 11.8 Å². The number of hydrogen-bond donors (Lipinski definition) is 2. The summed E-state index contributed by atoms with van der Waals surface area (Å²) in [4.78, 5) is 37.0. The zero-order valence-corrected chi connectivity index (χ0v) is 19.3. The standard InChI is InChI=1S/C25H21BrN2O5/c1-32-22-10-6-5-9-19(22)15-21(17-7-3-2-4-8-17)25(31)33-16-23(29)27-28-24(30)18-11-13-20(26)14-12-18/h2-15H,16H2,1H3,(H,27,29)(H,28,30)/b21-15+. The third-order valence-electron chi connectivity index (χ3n) is 4.50. The lowest BCUT2D eigenvalue weighted by molar-refractivity contribution is -0.143. The molecule has 3 rings (SSSR count). The monoisotopic (exact) mass is 508 g/mol. The van der Waals surface area contributed by atoms with Crippen LogP contribution in [0.1, 0.15) is 21.5 Å². The first-order valence-corrected chi connectivity index (χ1v) is 10.7. The number of hydrogen-bond acceptors (Lipinski definition) is 5. The van der Waals surface area contributed by atoms with Gasteiger partial charge in [0.2, 0.25) is 0 Å². The van der Waals surface area contributed by atoms with Crippen molar-refractivity contribution in [3.63, 3.8) is 0 Å². The molecule has 3 aromatic carbocycles. The largest absolute Gasteiger partial charge is 0.496 e. The Hall–Kier alpha value is -3.91. The summed E-state index contributed by atoms with van der Waals surface area (Å²) in [6.07, 6.45) is 1.64. The van der Waals surface area contributed by atoms with E-state index in [0.29, 0.717) is 22.4 Å². The van der Waals surface area contributed by atoms with Crippen molar-refractivity contribution in [3.05, 3.63) is 100 Å². The molecule has 0 spiro atoms. The summed E-state index contributed by atoms with van der Waals surface area (Å²) in [5, 5.41) is 0. The molecule has 0 aliphatic rings. The van der Waals surface area contributed by atoms with Crippen molar-refractivity contribution in [1.82, 2.24) is 10.9 Å². The average molecular weight is 509 g/mol. The van der Waals surface area contributed by atoms with E-state index in [1.807, 2.05) is 18.2 Å². The van der Waals surface area contributed by atoms with Crippen LogP contribution in [0.3, 0.4) is 0 Å². The highest BCUT2D eigenvalue weighted by Gasteiger charge is 2.17. The van der Waals surface area contributed by atoms with Crippen LogP contribution in [-0.2, 0) is 14.3 Å². The van der Waals surface area contributed by atoms with E-state index in [-0.39, 0.29) is 5.57 Å². The van der Waals surface area contributed by atoms with Gasteiger partial charge < -0.3 is 9.47 Å².